The largest absolute Gasteiger partial charge is 0.309 e. The first-order chi connectivity index (χ1) is 24.8. The Balaban J connectivity index is 1.24. The first kappa shape index (κ1) is 27.3. The Morgan fingerprint density at radius 1 is 0.300 bits per heavy atom. The molecule has 0 spiro atoms. The lowest BCUT2D eigenvalue weighted by molar-refractivity contribution is 1.08. The van der Waals surface area contributed by atoms with Crippen molar-refractivity contribution in [3.8, 4) is 22.8 Å². The number of para-hydroxylation sites is 2. The van der Waals surface area contributed by atoms with Gasteiger partial charge in [0.2, 0.25) is 0 Å². The highest BCUT2D eigenvalue weighted by Crippen LogP contribution is 2.41. The summed E-state index contributed by atoms with van der Waals surface area (Å²) >= 11 is 0. The van der Waals surface area contributed by atoms with Gasteiger partial charge >= 0.3 is 0 Å². The van der Waals surface area contributed by atoms with Crippen molar-refractivity contribution in [2.75, 3.05) is 0 Å². The van der Waals surface area contributed by atoms with Gasteiger partial charge < -0.3 is 4.57 Å². The van der Waals surface area contributed by atoms with Gasteiger partial charge in [-0.3, -0.25) is 4.57 Å². The zero-order valence-electron chi connectivity index (χ0n) is 27.1. The van der Waals surface area contributed by atoms with Gasteiger partial charge in [-0.2, -0.15) is 0 Å². The summed E-state index contributed by atoms with van der Waals surface area (Å²) in [4.78, 5) is 5.23. The summed E-state index contributed by atoms with van der Waals surface area (Å²) in [6.07, 6.45) is 0. The molecule has 0 bridgehead atoms. The standard InChI is InChI=1S/C47H29N3/c1-2-13-30(14-3-1)42-21-12-24-47(48-42)50-44-23-11-9-20-38(44)41-28-40-37-19-8-10-22-43(37)49(45(40)29-46(41)50)31-25-26-36-34-17-5-4-15-32(34)33-16-6-7-18-35(33)39(36)27-31/h1-29H. The molecule has 0 atom stereocenters. The van der Waals surface area contributed by atoms with Crippen molar-refractivity contribution in [3.05, 3.63) is 176 Å². The number of pyridine rings is 1. The molecule has 3 heteroatoms. The molecule has 232 valence electrons. The molecule has 3 heterocycles. The van der Waals surface area contributed by atoms with Crippen LogP contribution in [0.2, 0.25) is 0 Å². The van der Waals surface area contributed by atoms with E-state index in [1.54, 1.807) is 0 Å². The molecule has 3 aromatic heterocycles. The minimum absolute atomic E-state index is 0.906. The Hall–Kier alpha value is -6.71. The van der Waals surface area contributed by atoms with Crippen molar-refractivity contribution >= 4 is 75.9 Å². The van der Waals surface area contributed by atoms with E-state index < -0.39 is 0 Å². The average molecular weight is 636 g/mol. The van der Waals surface area contributed by atoms with E-state index in [0.29, 0.717) is 0 Å². The van der Waals surface area contributed by atoms with Gasteiger partial charge in [-0.25, -0.2) is 4.98 Å². The van der Waals surface area contributed by atoms with Gasteiger partial charge in [-0.05, 0) is 80.8 Å². The number of aromatic nitrogens is 3. The summed E-state index contributed by atoms with van der Waals surface area (Å²) in [5.74, 6) is 0.906. The van der Waals surface area contributed by atoms with Crippen molar-refractivity contribution in [2.45, 2.75) is 0 Å². The number of nitrogens with zero attached hydrogens (tertiary/aromatic N) is 3. The van der Waals surface area contributed by atoms with Crippen LogP contribution in [0.15, 0.2) is 176 Å². The van der Waals surface area contributed by atoms with Gasteiger partial charge in [0.25, 0.3) is 0 Å². The van der Waals surface area contributed by atoms with Crippen molar-refractivity contribution in [2.24, 2.45) is 0 Å². The SMILES string of the molecule is c1ccc(-c2cccc(-n3c4ccccc4c4cc5c6ccccc6n(-c6ccc7c8ccccc8c8ccccc8c7c6)c5cc43)n2)cc1. The third-order valence-corrected chi connectivity index (χ3v) is 10.5. The number of benzene rings is 8. The molecule has 50 heavy (non-hydrogen) atoms. The van der Waals surface area contributed by atoms with E-state index >= 15 is 0 Å². The first-order valence-corrected chi connectivity index (χ1v) is 17.1. The van der Waals surface area contributed by atoms with Crippen molar-refractivity contribution in [1.29, 1.82) is 0 Å². The van der Waals surface area contributed by atoms with Crippen LogP contribution in [0, 0.1) is 0 Å². The molecule has 0 unspecified atom stereocenters. The molecule has 0 radical (unpaired) electrons. The molecular weight excluding hydrogens is 607 g/mol. The highest BCUT2D eigenvalue weighted by atomic mass is 15.1. The molecule has 0 aliphatic heterocycles. The van der Waals surface area contributed by atoms with E-state index in [4.69, 9.17) is 4.98 Å². The van der Waals surface area contributed by atoms with Gasteiger partial charge in [-0.1, -0.05) is 127 Å². The van der Waals surface area contributed by atoms with Gasteiger partial charge in [0, 0.05) is 32.8 Å². The molecule has 0 aliphatic rings. The quantitative estimate of drug-likeness (QED) is 0.177. The molecule has 0 fully saturated rings. The number of hydrogen-bond donors (Lipinski definition) is 0. The van der Waals surface area contributed by atoms with Crippen molar-refractivity contribution in [1.82, 2.24) is 14.1 Å². The van der Waals surface area contributed by atoms with Gasteiger partial charge in [0.15, 0.2) is 0 Å². The summed E-state index contributed by atoms with van der Waals surface area (Å²) in [5, 5.41) is 12.6. The van der Waals surface area contributed by atoms with Crippen LogP contribution >= 0.6 is 0 Å². The lowest BCUT2D eigenvalue weighted by atomic mass is 9.94. The Morgan fingerprint density at radius 2 is 0.820 bits per heavy atom. The van der Waals surface area contributed by atoms with E-state index in [9.17, 15) is 0 Å². The number of hydrogen-bond acceptors (Lipinski definition) is 1. The van der Waals surface area contributed by atoms with Crippen molar-refractivity contribution in [3.63, 3.8) is 0 Å². The highest BCUT2D eigenvalue weighted by molar-refractivity contribution is 6.26. The minimum atomic E-state index is 0.906. The van der Waals surface area contributed by atoms with Crippen LogP contribution < -0.4 is 0 Å². The summed E-state index contributed by atoms with van der Waals surface area (Å²) in [5.41, 5.74) is 7.86. The fourth-order valence-electron chi connectivity index (χ4n) is 8.31. The number of rotatable bonds is 3. The smallest absolute Gasteiger partial charge is 0.138 e. The minimum Gasteiger partial charge on any atom is -0.309 e. The lowest BCUT2D eigenvalue weighted by Crippen LogP contribution is -1.99. The van der Waals surface area contributed by atoms with Crippen LogP contribution in [0.5, 0.6) is 0 Å². The van der Waals surface area contributed by atoms with E-state index in [0.717, 1.165) is 33.8 Å². The topological polar surface area (TPSA) is 22.8 Å². The Labute approximate surface area is 287 Å². The molecule has 3 nitrogen and oxygen atoms in total. The van der Waals surface area contributed by atoms with Crippen LogP contribution in [0.25, 0.3) is 98.7 Å². The van der Waals surface area contributed by atoms with Gasteiger partial charge in [-0.15, -0.1) is 0 Å². The van der Waals surface area contributed by atoms with E-state index in [2.05, 4.69) is 179 Å². The third-order valence-electron chi connectivity index (χ3n) is 10.5. The maximum absolute atomic E-state index is 5.23. The molecule has 0 N–H and O–H groups in total. The summed E-state index contributed by atoms with van der Waals surface area (Å²) in [7, 11) is 0. The molecule has 8 aromatic carbocycles. The second-order valence-corrected chi connectivity index (χ2v) is 13.2. The van der Waals surface area contributed by atoms with Gasteiger partial charge in [0.05, 0.1) is 27.8 Å². The van der Waals surface area contributed by atoms with Crippen LogP contribution in [0.1, 0.15) is 0 Å². The fourth-order valence-corrected chi connectivity index (χ4v) is 8.31. The van der Waals surface area contributed by atoms with E-state index in [-0.39, 0.29) is 0 Å². The zero-order chi connectivity index (χ0) is 32.8. The molecule has 11 rings (SSSR count). The summed E-state index contributed by atoms with van der Waals surface area (Å²) in [6, 6.07) is 63.6. The predicted molar refractivity (Wildman–Crippen MR) is 211 cm³/mol. The molecule has 0 saturated carbocycles. The highest BCUT2D eigenvalue weighted by Gasteiger charge is 2.20. The monoisotopic (exact) mass is 635 g/mol. The van der Waals surface area contributed by atoms with Gasteiger partial charge in [0.1, 0.15) is 5.82 Å². The van der Waals surface area contributed by atoms with E-state index in [1.807, 2.05) is 6.07 Å². The molecule has 0 saturated heterocycles. The normalized spacial score (nSPS) is 12.0. The Morgan fingerprint density at radius 3 is 1.48 bits per heavy atom. The number of fused-ring (bicyclic) bond motifs is 12. The Kier molecular flexibility index (Phi) is 5.67. The molecule has 0 aliphatic carbocycles. The van der Waals surface area contributed by atoms with Crippen LogP contribution in [-0.4, -0.2) is 14.1 Å². The summed E-state index contributed by atoms with van der Waals surface area (Å²) in [6.45, 7) is 0. The third kappa shape index (κ3) is 3.83. The first-order valence-electron chi connectivity index (χ1n) is 17.1. The van der Waals surface area contributed by atoms with Crippen LogP contribution in [0.3, 0.4) is 0 Å². The molecule has 0 amide bonds. The maximum Gasteiger partial charge on any atom is 0.138 e. The van der Waals surface area contributed by atoms with Crippen LogP contribution in [-0.2, 0) is 0 Å². The van der Waals surface area contributed by atoms with Crippen LogP contribution in [0.4, 0.5) is 0 Å². The maximum atomic E-state index is 5.23. The second kappa shape index (κ2) is 10.4. The zero-order valence-corrected chi connectivity index (χ0v) is 27.1. The van der Waals surface area contributed by atoms with E-state index in [1.165, 1.54) is 64.9 Å². The second-order valence-electron chi connectivity index (χ2n) is 13.2. The molecular formula is C47H29N3. The predicted octanol–water partition coefficient (Wildman–Crippen LogP) is 12.4. The fraction of sp³-hybridized carbons (Fsp3) is 0. The average Bonchev–Trinajstić information content (AvgIpc) is 3.69. The van der Waals surface area contributed by atoms with Crippen molar-refractivity contribution < 1.29 is 0 Å². The summed E-state index contributed by atoms with van der Waals surface area (Å²) < 4.78 is 4.78. The molecule has 11 aromatic rings. The lowest BCUT2D eigenvalue weighted by Gasteiger charge is -2.14. The Bertz CT molecular complexity index is 3110.